The topological polar surface area (TPSA) is 69.0 Å². The van der Waals surface area contributed by atoms with E-state index in [-0.39, 0.29) is 11.2 Å². The van der Waals surface area contributed by atoms with E-state index < -0.39 is 0 Å². The van der Waals surface area contributed by atoms with Crippen LogP contribution in [0.3, 0.4) is 0 Å². The molecule has 1 saturated carbocycles. The number of ether oxygens (including phenoxy) is 1. The van der Waals surface area contributed by atoms with Gasteiger partial charge in [0.25, 0.3) is 0 Å². The third-order valence-corrected chi connectivity index (χ3v) is 5.25. The Morgan fingerprint density at radius 3 is 2.76 bits per heavy atom. The summed E-state index contributed by atoms with van der Waals surface area (Å²) in [5.74, 6) is 0.785. The first-order valence-corrected chi connectivity index (χ1v) is 9.49. The molecule has 2 aromatic rings. The summed E-state index contributed by atoms with van der Waals surface area (Å²) in [6, 6.07) is 7.82. The summed E-state index contributed by atoms with van der Waals surface area (Å²) in [6.45, 7) is 3.04. The molecule has 25 heavy (non-hydrogen) atoms. The predicted octanol–water partition coefficient (Wildman–Crippen LogP) is 3.00. The van der Waals surface area contributed by atoms with Gasteiger partial charge in [0.1, 0.15) is 0 Å². The first kappa shape index (κ1) is 18.2. The van der Waals surface area contributed by atoms with Gasteiger partial charge >= 0.3 is 0 Å². The minimum Gasteiger partial charge on any atom is -0.383 e. The van der Waals surface area contributed by atoms with Crippen LogP contribution in [-0.2, 0) is 16.1 Å². The maximum absolute atomic E-state index is 12.2. The summed E-state index contributed by atoms with van der Waals surface area (Å²) in [4.78, 5) is 12.2. The Labute approximate surface area is 156 Å². The van der Waals surface area contributed by atoms with Gasteiger partial charge in [0.2, 0.25) is 5.91 Å². The van der Waals surface area contributed by atoms with Gasteiger partial charge in [-0.2, -0.15) is 0 Å². The van der Waals surface area contributed by atoms with Gasteiger partial charge in [-0.05, 0) is 44.0 Å². The van der Waals surface area contributed by atoms with Crippen LogP contribution in [0.2, 0.25) is 5.02 Å². The molecule has 0 aliphatic heterocycles. The largest absolute Gasteiger partial charge is 0.383 e. The van der Waals surface area contributed by atoms with E-state index in [1.165, 1.54) is 11.8 Å². The van der Waals surface area contributed by atoms with Gasteiger partial charge in [-0.25, -0.2) is 0 Å². The van der Waals surface area contributed by atoms with E-state index in [4.69, 9.17) is 16.3 Å². The van der Waals surface area contributed by atoms with Crippen LogP contribution in [0.4, 0.5) is 0 Å². The maximum atomic E-state index is 12.2. The Balaban J connectivity index is 1.80. The first-order valence-electron chi connectivity index (χ1n) is 8.23. The molecule has 3 rings (SSSR count). The number of benzene rings is 1. The predicted molar refractivity (Wildman–Crippen MR) is 98.8 cm³/mol. The Morgan fingerprint density at radius 1 is 1.40 bits per heavy atom. The van der Waals surface area contributed by atoms with Crippen LogP contribution >= 0.6 is 23.4 Å². The fourth-order valence-corrected chi connectivity index (χ4v) is 3.34. The number of carbonyl (C=O) groups is 1. The lowest BCUT2D eigenvalue weighted by atomic mass is 10.2. The van der Waals surface area contributed by atoms with E-state index in [1.807, 2.05) is 35.8 Å². The minimum absolute atomic E-state index is 0.0434. The van der Waals surface area contributed by atoms with Gasteiger partial charge in [-0.15, -0.1) is 10.2 Å². The van der Waals surface area contributed by atoms with Gasteiger partial charge in [-0.1, -0.05) is 23.4 Å². The first-order chi connectivity index (χ1) is 12.1. The van der Waals surface area contributed by atoms with Crippen LogP contribution in [0.25, 0.3) is 11.4 Å². The van der Waals surface area contributed by atoms with Crippen molar-refractivity contribution in [1.82, 2.24) is 20.1 Å². The molecule has 1 aliphatic rings. The fraction of sp³-hybridized carbons (Fsp3) is 0.471. The van der Waals surface area contributed by atoms with Crippen molar-refractivity contribution in [1.29, 1.82) is 0 Å². The number of methoxy groups -OCH3 is 1. The second-order valence-corrected chi connectivity index (χ2v) is 7.74. The Kier molecular flexibility index (Phi) is 5.98. The molecule has 8 heteroatoms. The average Bonchev–Trinajstić information content (AvgIpc) is 3.33. The summed E-state index contributed by atoms with van der Waals surface area (Å²) in [7, 11) is 1.66. The summed E-state index contributed by atoms with van der Waals surface area (Å²) in [5.41, 5.74) is 0.926. The molecule has 1 amide bonds. The van der Waals surface area contributed by atoms with E-state index in [9.17, 15) is 4.79 Å². The molecule has 1 fully saturated rings. The molecule has 0 spiro atoms. The van der Waals surface area contributed by atoms with Crippen LogP contribution in [0, 0.1) is 0 Å². The molecule has 1 N–H and O–H groups in total. The summed E-state index contributed by atoms with van der Waals surface area (Å²) < 4.78 is 7.19. The van der Waals surface area contributed by atoms with Crippen molar-refractivity contribution in [3.63, 3.8) is 0 Å². The number of aromatic nitrogens is 3. The fourth-order valence-electron chi connectivity index (χ4n) is 2.33. The lowest BCUT2D eigenvalue weighted by Gasteiger charge is -2.13. The average molecular weight is 381 g/mol. The van der Waals surface area contributed by atoms with E-state index in [1.54, 1.807) is 7.11 Å². The lowest BCUT2D eigenvalue weighted by Crippen LogP contribution is -2.32. The van der Waals surface area contributed by atoms with Crippen molar-refractivity contribution < 1.29 is 9.53 Å². The standard InChI is InChI=1S/C17H21ClN4O2S/c1-11(16(23)19-14-7-8-14)25-17-21-20-15(22(17)9-10-24-2)12-3-5-13(18)6-4-12/h3-6,11,14H,7-10H2,1-2H3,(H,19,23)/t11-/m0/s1. The third kappa shape index (κ3) is 4.74. The quantitative estimate of drug-likeness (QED) is 0.713. The normalized spacial score (nSPS) is 15.2. The molecule has 134 valence electrons. The van der Waals surface area contributed by atoms with E-state index in [0.29, 0.717) is 29.4 Å². The van der Waals surface area contributed by atoms with E-state index >= 15 is 0 Å². The van der Waals surface area contributed by atoms with Crippen molar-refractivity contribution in [2.75, 3.05) is 13.7 Å². The molecule has 1 heterocycles. The summed E-state index contributed by atoms with van der Waals surface area (Å²) >= 11 is 7.38. The number of amides is 1. The smallest absolute Gasteiger partial charge is 0.233 e. The number of hydrogen-bond acceptors (Lipinski definition) is 5. The van der Waals surface area contributed by atoms with Crippen molar-refractivity contribution in [2.45, 2.75) is 42.8 Å². The number of thioether (sulfide) groups is 1. The van der Waals surface area contributed by atoms with Gasteiger partial charge in [0.15, 0.2) is 11.0 Å². The molecule has 0 bridgehead atoms. The molecule has 0 radical (unpaired) electrons. The van der Waals surface area contributed by atoms with Crippen LogP contribution in [0.5, 0.6) is 0 Å². The highest BCUT2D eigenvalue weighted by Gasteiger charge is 2.27. The highest BCUT2D eigenvalue weighted by molar-refractivity contribution is 8.00. The second-order valence-electron chi connectivity index (χ2n) is 6.00. The van der Waals surface area contributed by atoms with Crippen molar-refractivity contribution >= 4 is 29.3 Å². The lowest BCUT2D eigenvalue weighted by molar-refractivity contribution is -0.120. The zero-order chi connectivity index (χ0) is 17.8. The van der Waals surface area contributed by atoms with Crippen LogP contribution in [0.15, 0.2) is 29.4 Å². The van der Waals surface area contributed by atoms with E-state index in [0.717, 1.165) is 24.2 Å². The molecule has 0 saturated heterocycles. The van der Waals surface area contributed by atoms with Gasteiger partial charge in [0.05, 0.1) is 18.4 Å². The van der Waals surface area contributed by atoms with Crippen LogP contribution < -0.4 is 5.32 Å². The van der Waals surface area contributed by atoms with Crippen molar-refractivity contribution in [2.24, 2.45) is 0 Å². The Hall–Kier alpha value is -1.57. The molecular weight excluding hydrogens is 360 g/mol. The monoisotopic (exact) mass is 380 g/mol. The highest BCUT2D eigenvalue weighted by Crippen LogP contribution is 2.28. The Bertz CT molecular complexity index is 731. The molecular formula is C17H21ClN4O2S. The molecule has 1 atom stereocenters. The highest BCUT2D eigenvalue weighted by atomic mass is 35.5. The molecule has 1 aliphatic carbocycles. The van der Waals surface area contributed by atoms with Crippen LogP contribution in [-0.4, -0.2) is 45.7 Å². The number of nitrogens with zero attached hydrogens (tertiary/aromatic N) is 3. The van der Waals surface area contributed by atoms with Gasteiger partial charge in [-0.3, -0.25) is 9.36 Å². The SMILES string of the molecule is COCCn1c(S[C@@H](C)C(=O)NC2CC2)nnc1-c1ccc(Cl)cc1. The van der Waals surface area contributed by atoms with Crippen molar-refractivity contribution in [3.05, 3.63) is 29.3 Å². The number of halogens is 1. The van der Waals surface area contributed by atoms with E-state index in [2.05, 4.69) is 15.5 Å². The number of hydrogen-bond donors (Lipinski definition) is 1. The summed E-state index contributed by atoms with van der Waals surface area (Å²) in [5, 5.41) is 12.8. The maximum Gasteiger partial charge on any atom is 0.233 e. The molecule has 0 unspecified atom stereocenters. The zero-order valence-corrected chi connectivity index (χ0v) is 15.8. The number of rotatable bonds is 8. The minimum atomic E-state index is -0.232. The van der Waals surface area contributed by atoms with Gasteiger partial charge in [0, 0.05) is 23.7 Å². The number of carbonyl (C=O) groups excluding carboxylic acids is 1. The molecule has 1 aromatic heterocycles. The zero-order valence-electron chi connectivity index (χ0n) is 14.2. The Morgan fingerprint density at radius 2 is 2.12 bits per heavy atom. The number of nitrogens with one attached hydrogen (secondary N) is 1. The third-order valence-electron chi connectivity index (χ3n) is 3.91. The molecule has 1 aromatic carbocycles. The van der Waals surface area contributed by atoms with Gasteiger partial charge < -0.3 is 10.1 Å². The van der Waals surface area contributed by atoms with Crippen LogP contribution in [0.1, 0.15) is 19.8 Å². The van der Waals surface area contributed by atoms with Crippen molar-refractivity contribution in [3.8, 4) is 11.4 Å². The summed E-state index contributed by atoms with van der Waals surface area (Å²) in [6.07, 6.45) is 2.15. The second kappa shape index (κ2) is 8.21. The molecule has 6 nitrogen and oxygen atoms in total.